The molecule has 7 atom stereocenters. The number of hydrogen-bond donors (Lipinski definition) is 0. The molecule has 5 rings (SSSR count). The van der Waals surface area contributed by atoms with Crippen LogP contribution in [0.2, 0.25) is 0 Å². The summed E-state index contributed by atoms with van der Waals surface area (Å²) in [5, 5.41) is 0. The molecule has 0 radical (unpaired) electrons. The summed E-state index contributed by atoms with van der Waals surface area (Å²) in [7, 11) is 0. The van der Waals surface area contributed by atoms with Gasteiger partial charge in [-0.25, -0.2) is 0 Å². The van der Waals surface area contributed by atoms with Crippen molar-refractivity contribution in [2.45, 2.75) is 84.3 Å². The minimum absolute atomic E-state index is 0.0855. The van der Waals surface area contributed by atoms with Crippen LogP contribution in [0.1, 0.15) is 72.1 Å². The first kappa shape index (κ1) is 20.2. The van der Waals surface area contributed by atoms with E-state index < -0.39 is 0 Å². The average molecular weight is 409 g/mol. The third kappa shape index (κ3) is 3.20. The predicted octanol–water partition coefficient (Wildman–Crippen LogP) is 6.33. The van der Waals surface area contributed by atoms with E-state index in [0.29, 0.717) is 11.5 Å². The molecule has 0 N–H and O–H groups in total. The van der Waals surface area contributed by atoms with Crippen molar-refractivity contribution in [3.05, 3.63) is 42.0 Å². The first-order valence-electron chi connectivity index (χ1n) is 12.0. The third-order valence-corrected chi connectivity index (χ3v) is 9.33. The molecule has 0 spiro atoms. The highest BCUT2D eigenvalue weighted by Gasteiger charge is 2.59. The monoisotopic (exact) mass is 408 g/mol. The Morgan fingerprint density at radius 1 is 1.00 bits per heavy atom. The highest BCUT2D eigenvalue weighted by Crippen LogP contribution is 2.65. The van der Waals surface area contributed by atoms with Crippen LogP contribution in [0, 0.1) is 28.6 Å². The van der Waals surface area contributed by atoms with Crippen molar-refractivity contribution >= 4 is 5.97 Å². The van der Waals surface area contributed by atoms with E-state index in [4.69, 9.17) is 9.47 Å². The topological polar surface area (TPSA) is 35.5 Å². The second kappa shape index (κ2) is 7.43. The van der Waals surface area contributed by atoms with Crippen LogP contribution in [0.25, 0.3) is 0 Å². The lowest BCUT2D eigenvalue weighted by atomic mass is 9.48. The largest absolute Gasteiger partial charge is 0.490 e. The third-order valence-electron chi connectivity index (χ3n) is 9.33. The number of benzene rings is 1. The van der Waals surface area contributed by atoms with Crippen molar-refractivity contribution in [1.82, 2.24) is 0 Å². The van der Waals surface area contributed by atoms with Crippen LogP contribution in [0.5, 0.6) is 5.75 Å². The zero-order valence-electron chi connectivity index (χ0n) is 18.7. The molecule has 3 saturated carbocycles. The summed E-state index contributed by atoms with van der Waals surface area (Å²) in [6, 6.07) is 10.4. The molecular weight excluding hydrogens is 372 g/mol. The van der Waals surface area contributed by atoms with Gasteiger partial charge in [0, 0.05) is 18.8 Å². The summed E-state index contributed by atoms with van der Waals surface area (Å²) in [5.41, 5.74) is 2.15. The minimum Gasteiger partial charge on any atom is -0.490 e. The number of para-hydroxylation sites is 1. The molecule has 30 heavy (non-hydrogen) atoms. The van der Waals surface area contributed by atoms with Crippen LogP contribution in [-0.4, -0.2) is 18.2 Å². The van der Waals surface area contributed by atoms with Crippen molar-refractivity contribution in [1.29, 1.82) is 0 Å². The highest BCUT2D eigenvalue weighted by molar-refractivity contribution is 5.66. The van der Waals surface area contributed by atoms with Gasteiger partial charge in [-0.05, 0) is 80.2 Å². The van der Waals surface area contributed by atoms with E-state index in [0.717, 1.165) is 42.8 Å². The zero-order valence-corrected chi connectivity index (χ0v) is 18.7. The molecule has 3 heteroatoms. The Hall–Kier alpha value is -1.77. The number of ether oxygens (including phenoxy) is 2. The molecule has 0 saturated heterocycles. The second-order valence-corrected chi connectivity index (χ2v) is 10.8. The molecule has 4 aliphatic carbocycles. The Kier molecular flexibility index (Phi) is 4.99. The summed E-state index contributed by atoms with van der Waals surface area (Å²) < 4.78 is 12.1. The molecular formula is C27H36O3. The van der Waals surface area contributed by atoms with E-state index in [9.17, 15) is 4.79 Å². The zero-order chi connectivity index (χ0) is 20.9. The van der Waals surface area contributed by atoms with Gasteiger partial charge >= 0.3 is 5.97 Å². The summed E-state index contributed by atoms with van der Waals surface area (Å²) >= 11 is 0. The van der Waals surface area contributed by atoms with Crippen molar-refractivity contribution < 1.29 is 14.3 Å². The fraction of sp³-hybridized carbons (Fsp3) is 0.667. The lowest BCUT2D eigenvalue weighted by Gasteiger charge is -2.57. The van der Waals surface area contributed by atoms with Gasteiger partial charge in [-0.15, -0.1) is 0 Å². The molecule has 0 aliphatic heterocycles. The molecule has 3 nitrogen and oxygen atoms in total. The van der Waals surface area contributed by atoms with Crippen LogP contribution < -0.4 is 4.74 Å². The fourth-order valence-corrected chi connectivity index (χ4v) is 7.77. The molecule has 0 unspecified atom stereocenters. The van der Waals surface area contributed by atoms with E-state index in [1.165, 1.54) is 39.0 Å². The quantitative estimate of drug-likeness (QED) is 0.433. The Morgan fingerprint density at radius 2 is 1.80 bits per heavy atom. The Morgan fingerprint density at radius 3 is 2.57 bits per heavy atom. The maximum atomic E-state index is 11.4. The van der Waals surface area contributed by atoms with Gasteiger partial charge in [0.25, 0.3) is 0 Å². The number of carbonyl (C=O) groups excluding carboxylic acids is 1. The van der Waals surface area contributed by atoms with Gasteiger partial charge < -0.3 is 9.47 Å². The van der Waals surface area contributed by atoms with Gasteiger partial charge in [-0.3, -0.25) is 4.79 Å². The Labute approximate surface area is 181 Å². The van der Waals surface area contributed by atoms with Crippen LogP contribution >= 0.6 is 0 Å². The summed E-state index contributed by atoms with van der Waals surface area (Å²) in [4.78, 5) is 11.4. The van der Waals surface area contributed by atoms with E-state index in [2.05, 4.69) is 50.3 Å². The second-order valence-electron chi connectivity index (χ2n) is 10.8. The molecule has 4 aliphatic rings. The maximum Gasteiger partial charge on any atom is 0.302 e. The summed E-state index contributed by atoms with van der Waals surface area (Å²) in [5.74, 6) is 3.18. The van der Waals surface area contributed by atoms with E-state index >= 15 is 0 Å². The van der Waals surface area contributed by atoms with Gasteiger partial charge in [0.15, 0.2) is 0 Å². The number of esters is 1. The Balaban J connectivity index is 1.35. The number of allylic oxidation sites excluding steroid dienone is 1. The molecule has 3 fully saturated rings. The fourth-order valence-electron chi connectivity index (χ4n) is 7.77. The first-order valence-corrected chi connectivity index (χ1v) is 12.0. The van der Waals surface area contributed by atoms with Crippen LogP contribution in [0.4, 0.5) is 0 Å². The van der Waals surface area contributed by atoms with Gasteiger partial charge in [0.1, 0.15) is 18.0 Å². The van der Waals surface area contributed by atoms with Crippen molar-refractivity contribution in [2.75, 3.05) is 0 Å². The maximum absolute atomic E-state index is 11.4. The van der Waals surface area contributed by atoms with E-state index in [1.54, 1.807) is 5.57 Å². The Bertz CT molecular complexity index is 830. The number of hydrogen-bond acceptors (Lipinski definition) is 3. The van der Waals surface area contributed by atoms with Crippen molar-refractivity contribution in [3.8, 4) is 5.75 Å². The smallest absolute Gasteiger partial charge is 0.302 e. The number of rotatable bonds is 3. The standard InChI is InChI=1S/C27H36O3/c1-18(28)29-21-13-15-26(2)19(17-21)9-10-22-23-11-12-25(27(23,3)16-14-24(22)26)30-20-7-5-4-6-8-20/h4-9,21-25H,10-17H2,1-3H3/t21-,22-,23-,24-,25-,26-,27-/m0/s1. The van der Waals surface area contributed by atoms with E-state index in [-0.39, 0.29) is 17.5 Å². The van der Waals surface area contributed by atoms with Crippen LogP contribution in [0.3, 0.4) is 0 Å². The van der Waals surface area contributed by atoms with Gasteiger partial charge in [0.05, 0.1) is 0 Å². The van der Waals surface area contributed by atoms with Crippen LogP contribution in [0.15, 0.2) is 42.0 Å². The van der Waals surface area contributed by atoms with Crippen molar-refractivity contribution in [2.24, 2.45) is 28.6 Å². The highest BCUT2D eigenvalue weighted by atomic mass is 16.5. The molecule has 1 aromatic carbocycles. The molecule has 162 valence electrons. The molecule has 0 aromatic heterocycles. The molecule has 0 heterocycles. The average Bonchev–Trinajstić information content (AvgIpc) is 3.05. The van der Waals surface area contributed by atoms with Gasteiger partial charge in [0.2, 0.25) is 0 Å². The lowest BCUT2D eigenvalue weighted by molar-refractivity contribution is -0.148. The molecule has 1 aromatic rings. The first-order chi connectivity index (χ1) is 14.4. The normalized spacial score (nSPS) is 42.4. The number of carbonyl (C=O) groups is 1. The lowest BCUT2D eigenvalue weighted by Crippen LogP contribution is -2.52. The molecule has 0 bridgehead atoms. The predicted molar refractivity (Wildman–Crippen MR) is 118 cm³/mol. The molecule has 0 amide bonds. The van der Waals surface area contributed by atoms with E-state index in [1.807, 2.05) is 0 Å². The van der Waals surface area contributed by atoms with Crippen molar-refractivity contribution in [3.63, 3.8) is 0 Å². The number of fused-ring (bicyclic) bond motifs is 5. The summed E-state index contributed by atoms with van der Waals surface area (Å²) in [6.07, 6.45) is 12.3. The van der Waals surface area contributed by atoms with Crippen LogP contribution in [-0.2, 0) is 9.53 Å². The van der Waals surface area contributed by atoms with Gasteiger partial charge in [-0.1, -0.05) is 43.7 Å². The SMILES string of the molecule is CC(=O)O[C@H]1CC[C@@]2(C)C(=CC[C@H]3[C@@H]4CC[C@H](Oc5ccccc5)[C@@]4(C)CC[C@@H]32)C1. The summed E-state index contributed by atoms with van der Waals surface area (Å²) in [6.45, 7) is 6.55. The van der Waals surface area contributed by atoms with Gasteiger partial charge in [-0.2, -0.15) is 0 Å². The minimum atomic E-state index is -0.137.